The van der Waals surface area contributed by atoms with Gasteiger partial charge in [0.05, 0.1) is 25.3 Å². The Labute approximate surface area is 231 Å². The fourth-order valence-electron chi connectivity index (χ4n) is 3.57. The Hall–Kier alpha value is -5.18. The summed E-state index contributed by atoms with van der Waals surface area (Å²) in [4.78, 5) is 22.9. The number of benzene rings is 4. The zero-order valence-electron chi connectivity index (χ0n) is 22.3. The average molecular weight is 547 g/mol. The molecule has 0 aliphatic heterocycles. The van der Waals surface area contributed by atoms with Crippen LogP contribution in [0.5, 0.6) is 28.7 Å². The van der Waals surface area contributed by atoms with Gasteiger partial charge < -0.3 is 34.3 Å². The number of phenolic OH excluding ortho intramolecular Hbond substituents is 3. The Bertz CT molecular complexity index is 1410. The number of phenols is 3. The third-order valence-corrected chi connectivity index (χ3v) is 5.62. The van der Waals surface area contributed by atoms with E-state index in [0.29, 0.717) is 30.3 Å². The number of hydrogen-bond acceptors (Lipinski definition) is 9. The summed E-state index contributed by atoms with van der Waals surface area (Å²) >= 11 is 0. The van der Waals surface area contributed by atoms with Crippen LogP contribution in [0.4, 0.5) is 0 Å². The fraction of sp³-hybridized carbons (Fsp3) is 0.161. The number of ether oxygens (including phenoxy) is 4. The molecule has 0 atom stereocenters. The molecule has 4 rings (SSSR count). The standard InChI is InChI=1S/C23H22O4.C8H8O5/c1-17-13-20(23(24)25-2)14-21(26-15-18-9-5-3-6-10-18)22(17)27-16-19-11-7-4-8-12-19;1-13-8(12)4-2-5(9)7(11)6(10)3-4/h3-14H,15-16H2,1-2H3;2-3,9-11H,1H3. The van der Waals surface area contributed by atoms with Gasteiger partial charge in [0.2, 0.25) is 0 Å². The Morgan fingerprint density at radius 3 is 1.57 bits per heavy atom. The van der Waals surface area contributed by atoms with Crippen molar-refractivity contribution >= 4 is 11.9 Å². The van der Waals surface area contributed by atoms with E-state index in [4.69, 9.17) is 29.5 Å². The quantitative estimate of drug-likeness (QED) is 0.193. The van der Waals surface area contributed by atoms with E-state index in [9.17, 15) is 9.59 Å². The molecule has 9 heteroatoms. The van der Waals surface area contributed by atoms with Gasteiger partial charge in [-0.15, -0.1) is 0 Å². The van der Waals surface area contributed by atoms with Crippen LogP contribution in [0.1, 0.15) is 37.4 Å². The van der Waals surface area contributed by atoms with Crippen LogP contribution >= 0.6 is 0 Å². The van der Waals surface area contributed by atoms with Gasteiger partial charge in [-0.2, -0.15) is 0 Å². The molecule has 4 aromatic carbocycles. The van der Waals surface area contributed by atoms with Gasteiger partial charge in [0, 0.05) is 0 Å². The molecule has 0 aliphatic carbocycles. The van der Waals surface area contributed by atoms with Crippen molar-refractivity contribution in [2.75, 3.05) is 14.2 Å². The van der Waals surface area contributed by atoms with Crippen LogP contribution in [0.3, 0.4) is 0 Å². The van der Waals surface area contributed by atoms with Crippen LogP contribution in [0.25, 0.3) is 0 Å². The number of aromatic hydroxyl groups is 3. The number of carbonyl (C=O) groups excluding carboxylic acids is 2. The van der Waals surface area contributed by atoms with Crippen LogP contribution in [-0.2, 0) is 22.7 Å². The molecule has 0 aromatic heterocycles. The second-order valence-electron chi connectivity index (χ2n) is 8.52. The summed E-state index contributed by atoms with van der Waals surface area (Å²) in [7, 11) is 2.53. The largest absolute Gasteiger partial charge is 0.504 e. The van der Waals surface area contributed by atoms with Gasteiger partial charge in [-0.25, -0.2) is 9.59 Å². The van der Waals surface area contributed by atoms with E-state index in [-0.39, 0.29) is 5.56 Å². The van der Waals surface area contributed by atoms with Gasteiger partial charge in [0.15, 0.2) is 28.7 Å². The molecule has 4 aromatic rings. The van der Waals surface area contributed by atoms with Crippen LogP contribution in [0.2, 0.25) is 0 Å². The van der Waals surface area contributed by atoms with Crippen molar-refractivity contribution in [2.24, 2.45) is 0 Å². The lowest BCUT2D eigenvalue weighted by atomic mass is 10.1. The lowest BCUT2D eigenvalue weighted by molar-refractivity contribution is 0.0591. The molecule has 40 heavy (non-hydrogen) atoms. The Kier molecular flexibility index (Phi) is 10.4. The highest BCUT2D eigenvalue weighted by molar-refractivity contribution is 5.91. The molecule has 0 unspecified atom stereocenters. The summed E-state index contributed by atoms with van der Waals surface area (Å²) in [5.41, 5.74) is 3.31. The van der Waals surface area contributed by atoms with Crippen molar-refractivity contribution in [3.8, 4) is 28.7 Å². The van der Waals surface area contributed by atoms with Crippen LogP contribution < -0.4 is 9.47 Å². The lowest BCUT2D eigenvalue weighted by Crippen LogP contribution is -2.06. The van der Waals surface area contributed by atoms with E-state index in [0.717, 1.165) is 28.8 Å². The van der Waals surface area contributed by atoms with Gasteiger partial charge in [-0.3, -0.25) is 0 Å². The molecule has 208 valence electrons. The minimum Gasteiger partial charge on any atom is -0.504 e. The highest BCUT2D eigenvalue weighted by Gasteiger charge is 2.16. The smallest absolute Gasteiger partial charge is 0.338 e. The maximum atomic E-state index is 12.0. The number of methoxy groups -OCH3 is 2. The molecule has 9 nitrogen and oxygen atoms in total. The molecule has 0 fully saturated rings. The Morgan fingerprint density at radius 2 is 1.10 bits per heavy atom. The van der Waals surface area contributed by atoms with Crippen molar-refractivity contribution in [1.29, 1.82) is 0 Å². The topological polar surface area (TPSA) is 132 Å². The average Bonchev–Trinajstić information content (AvgIpc) is 2.98. The summed E-state index contributed by atoms with van der Waals surface area (Å²) in [6.45, 7) is 2.69. The molecule has 0 amide bonds. The lowest BCUT2D eigenvalue weighted by Gasteiger charge is -2.16. The molecule has 0 aliphatic rings. The maximum absolute atomic E-state index is 12.0. The minimum atomic E-state index is -0.703. The molecule has 0 bridgehead atoms. The second kappa shape index (κ2) is 14.1. The molecular formula is C31H30O9. The van der Waals surface area contributed by atoms with E-state index in [1.54, 1.807) is 12.1 Å². The number of esters is 2. The molecular weight excluding hydrogens is 516 g/mol. The van der Waals surface area contributed by atoms with Gasteiger partial charge in [-0.05, 0) is 47.9 Å². The zero-order valence-corrected chi connectivity index (χ0v) is 22.3. The van der Waals surface area contributed by atoms with Gasteiger partial charge in [-0.1, -0.05) is 60.7 Å². The van der Waals surface area contributed by atoms with Crippen LogP contribution in [0.15, 0.2) is 84.9 Å². The fourth-order valence-corrected chi connectivity index (χ4v) is 3.57. The Balaban J connectivity index is 0.000000285. The molecule has 0 saturated heterocycles. The first-order valence-corrected chi connectivity index (χ1v) is 12.1. The van der Waals surface area contributed by atoms with E-state index < -0.39 is 29.2 Å². The van der Waals surface area contributed by atoms with Gasteiger partial charge >= 0.3 is 11.9 Å². The zero-order chi connectivity index (χ0) is 29.1. The van der Waals surface area contributed by atoms with E-state index >= 15 is 0 Å². The molecule has 0 spiro atoms. The molecule has 0 radical (unpaired) electrons. The van der Waals surface area contributed by atoms with Crippen LogP contribution in [0, 0.1) is 6.92 Å². The van der Waals surface area contributed by atoms with Crippen LogP contribution in [-0.4, -0.2) is 41.5 Å². The first-order chi connectivity index (χ1) is 19.2. The predicted molar refractivity (Wildman–Crippen MR) is 147 cm³/mol. The van der Waals surface area contributed by atoms with E-state index in [1.165, 1.54) is 14.2 Å². The summed E-state index contributed by atoms with van der Waals surface area (Å²) in [5, 5.41) is 26.9. The minimum absolute atomic E-state index is 0.0321. The number of hydrogen-bond donors (Lipinski definition) is 3. The normalized spacial score (nSPS) is 10.1. The predicted octanol–water partition coefficient (Wildman–Crippen LogP) is 5.53. The third-order valence-electron chi connectivity index (χ3n) is 5.62. The number of aryl methyl sites for hydroxylation is 1. The summed E-state index contributed by atoms with van der Waals surface area (Å²) in [6, 6.07) is 25.2. The maximum Gasteiger partial charge on any atom is 0.338 e. The highest BCUT2D eigenvalue weighted by Crippen LogP contribution is 2.36. The SMILES string of the molecule is COC(=O)c1cc(C)c(OCc2ccccc2)c(OCc2ccccc2)c1.COC(=O)c1cc(O)c(O)c(O)c1. The third kappa shape index (κ3) is 7.91. The molecule has 0 heterocycles. The highest BCUT2D eigenvalue weighted by atomic mass is 16.5. The first-order valence-electron chi connectivity index (χ1n) is 12.1. The van der Waals surface area contributed by atoms with Crippen molar-refractivity contribution in [2.45, 2.75) is 20.1 Å². The first kappa shape index (κ1) is 29.4. The van der Waals surface area contributed by atoms with Gasteiger partial charge in [0.1, 0.15) is 13.2 Å². The Morgan fingerprint density at radius 1 is 0.650 bits per heavy atom. The second-order valence-corrected chi connectivity index (χ2v) is 8.52. The molecule has 3 N–H and O–H groups in total. The van der Waals surface area contributed by atoms with Crippen molar-refractivity contribution in [1.82, 2.24) is 0 Å². The summed E-state index contributed by atoms with van der Waals surface area (Å²) in [5.74, 6) is -1.76. The number of carbonyl (C=O) groups is 2. The van der Waals surface area contributed by atoms with Crippen molar-refractivity contribution in [3.05, 3.63) is 113 Å². The monoisotopic (exact) mass is 546 g/mol. The van der Waals surface area contributed by atoms with Crippen molar-refractivity contribution < 1.29 is 43.9 Å². The summed E-state index contributed by atoms with van der Waals surface area (Å²) in [6.07, 6.45) is 0. The van der Waals surface area contributed by atoms with E-state index in [2.05, 4.69) is 4.74 Å². The summed E-state index contributed by atoms with van der Waals surface area (Å²) < 4.78 is 21.2. The van der Waals surface area contributed by atoms with E-state index in [1.807, 2.05) is 67.6 Å². The van der Waals surface area contributed by atoms with Crippen molar-refractivity contribution in [3.63, 3.8) is 0 Å². The number of rotatable bonds is 8. The van der Waals surface area contributed by atoms with Gasteiger partial charge in [0.25, 0.3) is 0 Å². The molecule has 0 saturated carbocycles.